The number of benzene rings is 2. The van der Waals surface area contributed by atoms with Crippen LogP contribution in [0.2, 0.25) is 0 Å². The zero-order valence-electron chi connectivity index (χ0n) is 22.6. The SMILES string of the molecule is CC[C@@]1(O)C(=O)OCc2c1cc1n(c2=O)Cc2c-1nc1cc(F)c(C)cc1c2CN(Cc1ccccc1)C(=O)CO. The first kappa shape index (κ1) is 26.8. The summed E-state index contributed by atoms with van der Waals surface area (Å²) in [4.78, 5) is 45.4. The van der Waals surface area contributed by atoms with E-state index in [1.54, 1.807) is 26.0 Å². The van der Waals surface area contributed by atoms with Gasteiger partial charge in [0.25, 0.3) is 5.56 Å². The van der Waals surface area contributed by atoms with Crippen LogP contribution in [-0.4, -0.2) is 43.1 Å². The van der Waals surface area contributed by atoms with Crippen LogP contribution in [0.1, 0.15) is 46.7 Å². The fourth-order valence-electron chi connectivity index (χ4n) is 5.80. The lowest BCUT2D eigenvalue weighted by atomic mass is 9.86. The van der Waals surface area contributed by atoms with Crippen LogP contribution in [0.15, 0.2) is 53.3 Å². The molecule has 2 aliphatic rings. The van der Waals surface area contributed by atoms with Crippen molar-refractivity contribution in [3.8, 4) is 11.4 Å². The number of hydrogen-bond acceptors (Lipinski definition) is 7. The number of aliphatic hydroxyl groups excluding tert-OH is 1. The first-order valence-corrected chi connectivity index (χ1v) is 13.4. The van der Waals surface area contributed by atoms with Crippen LogP contribution in [0.5, 0.6) is 0 Å². The minimum absolute atomic E-state index is 0.00713. The smallest absolute Gasteiger partial charge is 0.343 e. The number of hydrogen-bond donors (Lipinski definition) is 2. The second-order valence-electron chi connectivity index (χ2n) is 10.5. The van der Waals surface area contributed by atoms with E-state index in [0.717, 1.165) is 5.56 Å². The molecular formula is C31H28FN3O6. The maximum Gasteiger partial charge on any atom is 0.343 e. The Bertz CT molecular complexity index is 1800. The van der Waals surface area contributed by atoms with Crippen LogP contribution in [0, 0.1) is 12.7 Å². The van der Waals surface area contributed by atoms with E-state index in [0.29, 0.717) is 39.0 Å². The molecule has 0 fully saturated rings. The molecular weight excluding hydrogens is 529 g/mol. The average Bonchev–Trinajstić information content (AvgIpc) is 3.34. The van der Waals surface area contributed by atoms with Crippen molar-refractivity contribution in [3.05, 3.63) is 98.1 Å². The molecule has 2 N–H and O–H groups in total. The van der Waals surface area contributed by atoms with Gasteiger partial charge in [0, 0.05) is 35.7 Å². The van der Waals surface area contributed by atoms with Crippen molar-refractivity contribution >= 4 is 22.8 Å². The van der Waals surface area contributed by atoms with Crippen LogP contribution in [0.3, 0.4) is 0 Å². The summed E-state index contributed by atoms with van der Waals surface area (Å²) in [6, 6.07) is 13.9. The van der Waals surface area contributed by atoms with Gasteiger partial charge in [0.15, 0.2) is 5.60 Å². The number of halogens is 1. The maximum absolute atomic E-state index is 14.8. The molecule has 2 aliphatic heterocycles. The summed E-state index contributed by atoms with van der Waals surface area (Å²) in [5.41, 5.74) is 1.71. The first-order valence-electron chi connectivity index (χ1n) is 13.4. The number of ether oxygens (including phenoxy) is 1. The van der Waals surface area contributed by atoms with E-state index in [2.05, 4.69) is 0 Å². The number of fused-ring (bicyclic) bond motifs is 5. The first-order chi connectivity index (χ1) is 19.7. The van der Waals surface area contributed by atoms with Gasteiger partial charge in [-0.05, 0) is 42.2 Å². The van der Waals surface area contributed by atoms with Crippen molar-refractivity contribution in [1.82, 2.24) is 14.5 Å². The molecule has 4 aromatic rings. The fraction of sp³-hybridized carbons (Fsp3) is 0.290. The van der Waals surface area contributed by atoms with Gasteiger partial charge in [-0.2, -0.15) is 0 Å². The van der Waals surface area contributed by atoms with Crippen molar-refractivity contribution in [3.63, 3.8) is 0 Å². The molecule has 1 amide bonds. The Labute approximate surface area is 234 Å². The summed E-state index contributed by atoms with van der Waals surface area (Å²) < 4.78 is 21.4. The second kappa shape index (κ2) is 9.90. The van der Waals surface area contributed by atoms with E-state index in [1.165, 1.54) is 15.5 Å². The third kappa shape index (κ3) is 4.22. The molecule has 0 saturated carbocycles. The van der Waals surface area contributed by atoms with Gasteiger partial charge in [0.2, 0.25) is 5.91 Å². The molecule has 6 rings (SSSR count). The number of pyridine rings is 2. The van der Waals surface area contributed by atoms with E-state index in [9.17, 15) is 29.0 Å². The van der Waals surface area contributed by atoms with E-state index < -0.39 is 35.5 Å². The summed E-state index contributed by atoms with van der Waals surface area (Å²) in [6.07, 6.45) is 0.00713. The number of amides is 1. The number of cyclic esters (lactones) is 1. The summed E-state index contributed by atoms with van der Waals surface area (Å²) >= 11 is 0. The van der Waals surface area contributed by atoms with Crippen LogP contribution >= 0.6 is 0 Å². The molecule has 0 unspecified atom stereocenters. The van der Waals surface area contributed by atoms with Gasteiger partial charge in [0.1, 0.15) is 19.0 Å². The minimum Gasteiger partial charge on any atom is -0.458 e. The highest BCUT2D eigenvalue weighted by molar-refractivity contribution is 5.90. The maximum atomic E-state index is 14.8. The number of carbonyl (C=O) groups is 2. The van der Waals surface area contributed by atoms with Crippen molar-refractivity contribution in [2.75, 3.05) is 6.61 Å². The monoisotopic (exact) mass is 557 g/mol. The van der Waals surface area contributed by atoms with Gasteiger partial charge in [0.05, 0.1) is 29.0 Å². The minimum atomic E-state index is -1.98. The molecule has 210 valence electrons. The van der Waals surface area contributed by atoms with Crippen molar-refractivity contribution in [2.24, 2.45) is 0 Å². The highest BCUT2D eigenvalue weighted by atomic mass is 19.1. The Hall–Kier alpha value is -4.41. The lowest BCUT2D eigenvalue weighted by Gasteiger charge is -2.31. The number of aryl methyl sites for hydroxylation is 1. The quantitative estimate of drug-likeness (QED) is 0.308. The predicted octanol–water partition coefficient (Wildman–Crippen LogP) is 3.05. The highest BCUT2D eigenvalue weighted by Crippen LogP contribution is 2.41. The summed E-state index contributed by atoms with van der Waals surface area (Å²) in [6.45, 7) is 2.74. The summed E-state index contributed by atoms with van der Waals surface area (Å²) in [5, 5.41) is 21.6. The molecule has 2 aromatic heterocycles. The Morgan fingerprint density at radius 3 is 2.61 bits per heavy atom. The third-order valence-corrected chi connectivity index (χ3v) is 8.14. The molecule has 0 spiro atoms. The van der Waals surface area contributed by atoms with E-state index >= 15 is 0 Å². The van der Waals surface area contributed by atoms with E-state index in [-0.39, 0.29) is 43.8 Å². The summed E-state index contributed by atoms with van der Waals surface area (Å²) in [5.74, 6) is -1.76. The third-order valence-electron chi connectivity index (χ3n) is 8.14. The number of rotatable bonds is 6. The Kier molecular flexibility index (Phi) is 6.47. The van der Waals surface area contributed by atoms with Crippen LogP contribution in [-0.2, 0) is 46.2 Å². The standard InChI is InChI=1S/C31H28FN3O6/c1-3-31(40)23-10-26-28-21(14-35(26)29(38)22(23)16-41-30(31)39)20(19-9-17(2)24(32)11-25(19)33-28)13-34(27(37)15-36)12-18-7-5-4-6-8-18/h4-11,36,40H,3,12-16H2,1-2H3/t31-/m0/s1. The molecule has 1 atom stereocenters. The van der Waals surface area contributed by atoms with Gasteiger partial charge >= 0.3 is 5.97 Å². The van der Waals surface area contributed by atoms with E-state index in [1.807, 2.05) is 30.3 Å². The van der Waals surface area contributed by atoms with E-state index in [4.69, 9.17) is 9.72 Å². The number of esters is 1. The van der Waals surface area contributed by atoms with Crippen molar-refractivity contribution in [2.45, 2.75) is 52.1 Å². The van der Waals surface area contributed by atoms with Gasteiger partial charge < -0.3 is 24.4 Å². The number of aromatic nitrogens is 2. The molecule has 10 heteroatoms. The zero-order chi connectivity index (χ0) is 29.1. The second-order valence-corrected chi connectivity index (χ2v) is 10.5. The van der Waals surface area contributed by atoms with Crippen LogP contribution in [0.4, 0.5) is 4.39 Å². The molecule has 0 aliphatic carbocycles. The van der Waals surface area contributed by atoms with Gasteiger partial charge in [-0.1, -0.05) is 37.3 Å². The van der Waals surface area contributed by atoms with Crippen molar-refractivity contribution < 1.29 is 28.9 Å². The van der Waals surface area contributed by atoms with Crippen LogP contribution in [0.25, 0.3) is 22.3 Å². The fourth-order valence-corrected chi connectivity index (χ4v) is 5.80. The Balaban J connectivity index is 1.57. The molecule has 0 bridgehead atoms. The topological polar surface area (TPSA) is 122 Å². The number of carbonyl (C=O) groups excluding carboxylic acids is 2. The lowest BCUT2D eigenvalue weighted by molar-refractivity contribution is -0.172. The largest absolute Gasteiger partial charge is 0.458 e. The molecule has 2 aromatic carbocycles. The number of aliphatic hydroxyl groups is 2. The number of nitrogens with zero attached hydrogens (tertiary/aromatic N) is 3. The molecule has 0 saturated heterocycles. The van der Waals surface area contributed by atoms with Crippen molar-refractivity contribution in [1.29, 1.82) is 0 Å². The average molecular weight is 558 g/mol. The molecule has 9 nitrogen and oxygen atoms in total. The Morgan fingerprint density at radius 2 is 1.90 bits per heavy atom. The lowest BCUT2D eigenvalue weighted by Crippen LogP contribution is -2.44. The molecule has 4 heterocycles. The zero-order valence-corrected chi connectivity index (χ0v) is 22.6. The summed E-state index contributed by atoms with van der Waals surface area (Å²) in [7, 11) is 0. The normalized spacial score (nSPS) is 17.1. The highest BCUT2D eigenvalue weighted by Gasteiger charge is 2.45. The van der Waals surface area contributed by atoms with Gasteiger partial charge in [-0.3, -0.25) is 9.59 Å². The Morgan fingerprint density at radius 1 is 1.15 bits per heavy atom. The van der Waals surface area contributed by atoms with Gasteiger partial charge in [-0.15, -0.1) is 0 Å². The predicted molar refractivity (Wildman–Crippen MR) is 147 cm³/mol. The molecule has 0 radical (unpaired) electrons. The molecule has 41 heavy (non-hydrogen) atoms. The van der Waals surface area contributed by atoms with Gasteiger partial charge in [-0.25, -0.2) is 14.2 Å². The van der Waals surface area contributed by atoms with Crippen LogP contribution < -0.4 is 5.56 Å².